The van der Waals surface area contributed by atoms with E-state index in [1.54, 1.807) is 0 Å². The zero-order valence-corrected chi connectivity index (χ0v) is 9.59. The Hall–Kier alpha value is -0.570. The zero-order chi connectivity index (χ0) is 10.7. The average Bonchev–Trinajstić information content (AvgIpc) is 2.17. The third-order valence-electron chi connectivity index (χ3n) is 3.61. The lowest BCUT2D eigenvalue weighted by Crippen LogP contribution is -2.44. The first-order valence-corrected chi connectivity index (χ1v) is 6.24. The molecule has 2 N–H and O–H groups in total. The SMILES string of the molecule is CC1CC(NC(=O)CC2CCCNC2)C1. The van der Waals surface area contributed by atoms with Crippen LogP contribution in [-0.2, 0) is 4.79 Å². The molecule has 3 heteroatoms. The number of piperidine rings is 1. The molecule has 1 saturated heterocycles. The van der Waals surface area contributed by atoms with E-state index < -0.39 is 0 Å². The molecule has 3 nitrogen and oxygen atoms in total. The molecule has 15 heavy (non-hydrogen) atoms. The number of hydrogen-bond acceptors (Lipinski definition) is 2. The van der Waals surface area contributed by atoms with Gasteiger partial charge in [-0.2, -0.15) is 0 Å². The Morgan fingerprint density at radius 2 is 2.27 bits per heavy atom. The first-order valence-electron chi connectivity index (χ1n) is 6.24. The Bertz CT molecular complexity index is 218. The smallest absolute Gasteiger partial charge is 0.220 e. The molecule has 2 fully saturated rings. The molecule has 86 valence electrons. The molecule has 0 aromatic rings. The standard InChI is InChI=1S/C12H22N2O/c1-9-5-11(6-9)14-12(15)7-10-3-2-4-13-8-10/h9-11,13H,2-8H2,1H3,(H,14,15). The molecule has 1 amide bonds. The largest absolute Gasteiger partial charge is 0.353 e. The van der Waals surface area contributed by atoms with Gasteiger partial charge in [0.25, 0.3) is 0 Å². The maximum Gasteiger partial charge on any atom is 0.220 e. The number of carbonyl (C=O) groups is 1. The molecule has 2 aliphatic rings. The third kappa shape index (κ3) is 3.20. The summed E-state index contributed by atoms with van der Waals surface area (Å²) in [6.07, 6.45) is 5.50. The molecular weight excluding hydrogens is 188 g/mol. The summed E-state index contributed by atoms with van der Waals surface area (Å²) < 4.78 is 0. The molecule has 0 spiro atoms. The molecule has 1 unspecified atom stereocenters. The molecule has 0 bridgehead atoms. The van der Waals surface area contributed by atoms with Crippen molar-refractivity contribution in [2.75, 3.05) is 13.1 Å². The van der Waals surface area contributed by atoms with Crippen LogP contribution in [0.5, 0.6) is 0 Å². The van der Waals surface area contributed by atoms with Gasteiger partial charge < -0.3 is 10.6 Å². The van der Waals surface area contributed by atoms with E-state index in [1.807, 2.05) is 0 Å². The van der Waals surface area contributed by atoms with E-state index in [9.17, 15) is 4.79 Å². The highest BCUT2D eigenvalue weighted by Gasteiger charge is 2.27. The van der Waals surface area contributed by atoms with E-state index in [0.717, 1.165) is 25.4 Å². The van der Waals surface area contributed by atoms with Gasteiger partial charge in [0.05, 0.1) is 0 Å². The molecule has 2 rings (SSSR count). The predicted molar refractivity (Wildman–Crippen MR) is 60.5 cm³/mol. The molecule has 0 aromatic heterocycles. The third-order valence-corrected chi connectivity index (χ3v) is 3.61. The zero-order valence-electron chi connectivity index (χ0n) is 9.59. The molecule has 1 heterocycles. The summed E-state index contributed by atoms with van der Waals surface area (Å²) >= 11 is 0. The highest BCUT2D eigenvalue weighted by molar-refractivity contribution is 5.76. The van der Waals surface area contributed by atoms with Crippen molar-refractivity contribution in [2.24, 2.45) is 11.8 Å². The molecule has 1 saturated carbocycles. The topological polar surface area (TPSA) is 41.1 Å². The summed E-state index contributed by atoms with van der Waals surface area (Å²) in [5.41, 5.74) is 0. The van der Waals surface area contributed by atoms with Gasteiger partial charge in [0.15, 0.2) is 0 Å². The van der Waals surface area contributed by atoms with Crippen molar-refractivity contribution in [1.29, 1.82) is 0 Å². The molecule has 1 aliphatic heterocycles. The van der Waals surface area contributed by atoms with Crippen LogP contribution in [0.25, 0.3) is 0 Å². The Morgan fingerprint density at radius 1 is 1.47 bits per heavy atom. The lowest BCUT2D eigenvalue weighted by atomic mass is 9.81. The number of amides is 1. The van der Waals surface area contributed by atoms with Crippen LogP contribution in [0.2, 0.25) is 0 Å². The first kappa shape index (κ1) is 10.9. The van der Waals surface area contributed by atoms with Crippen LogP contribution in [0.4, 0.5) is 0 Å². The van der Waals surface area contributed by atoms with E-state index in [0.29, 0.717) is 12.0 Å². The van der Waals surface area contributed by atoms with Crippen molar-refractivity contribution in [2.45, 2.75) is 45.1 Å². The van der Waals surface area contributed by atoms with Gasteiger partial charge in [-0.15, -0.1) is 0 Å². The van der Waals surface area contributed by atoms with Crippen molar-refractivity contribution in [3.8, 4) is 0 Å². The van der Waals surface area contributed by atoms with Crippen molar-refractivity contribution in [1.82, 2.24) is 10.6 Å². The monoisotopic (exact) mass is 210 g/mol. The molecular formula is C12H22N2O. The van der Waals surface area contributed by atoms with Crippen LogP contribution in [0, 0.1) is 11.8 Å². The number of rotatable bonds is 3. The fourth-order valence-corrected chi connectivity index (χ4v) is 2.67. The second-order valence-corrected chi connectivity index (χ2v) is 5.26. The summed E-state index contributed by atoms with van der Waals surface area (Å²) in [5.74, 6) is 1.64. The van der Waals surface area contributed by atoms with Gasteiger partial charge >= 0.3 is 0 Å². The highest BCUT2D eigenvalue weighted by atomic mass is 16.1. The van der Waals surface area contributed by atoms with E-state index in [1.165, 1.54) is 25.7 Å². The van der Waals surface area contributed by atoms with Gasteiger partial charge in [0.1, 0.15) is 0 Å². The minimum atomic E-state index is 0.264. The second-order valence-electron chi connectivity index (χ2n) is 5.26. The quantitative estimate of drug-likeness (QED) is 0.737. The number of hydrogen-bond donors (Lipinski definition) is 2. The van der Waals surface area contributed by atoms with Crippen LogP contribution >= 0.6 is 0 Å². The number of nitrogens with one attached hydrogen (secondary N) is 2. The Morgan fingerprint density at radius 3 is 2.87 bits per heavy atom. The van der Waals surface area contributed by atoms with Gasteiger partial charge in [-0.1, -0.05) is 6.92 Å². The molecule has 1 atom stereocenters. The van der Waals surface area contributed by atoms with Crippen molar-refractivity contribution >= 4 is 5.91 Å². The average molecular weight is 210 g/mol. The van der Waals surface area contributed by atoms with E-state index in [2.05, 4.69) is 17.6 Å². The highest BCUT2D eigenvalue weighted by Crippen LogP contribution is 2.26. The molecule has 0 aromatic carbocycles. The fraction of sp³-hybridized carbons (Fsp3) is 0.917. The van der Waals surface area contributed by atoms with Crippen LogP contribution in [-0.4, -0.2) is 25.0 Å². The molecule has 1 aliphatic carbocycles. The predicted octanol–water partition coefficient (Wildman–Crippen LogP) is 1.29. The lowest BCUT2D eigenvalue weighted by molar-refractivity contribution is -0.123. The van der Waals surface area contributed by atoms with Gasteiger partial charge in [-0.25, -0.2) is 0 Å². The first-order chi connectivity index (χ1) is 7.24. The Balaban J connectivity index is 1.63. The fourth-order valence-electron chi connectivity index (χ4n) is 2.67. The summed E-state index contributed by atoms with van der Waals surface area (Å²) in [4.78, 5) is 11.7. The summed E-state index contributed by atoms with van der Waals surface area (Å²) in [7, 11) is 0. The minimum Gasteiger partial charge on any atom is -0.353 e. The summed E-state index contributed by atoms with van der Waals surface area (Å²) in [6.45, 7) is 4.39. The van der Waals surface area contributed by atoms with Crippen molar-refractivity contribution in [3.63, 3.8) is 0 Å². The van der Waals surface area contributed by atoms with Gasteiger partial charge in [-0.3, -0.25) is 4.79 Å². The lowest BCUT2D eigenvalue weighted by Gasteiger charge is -2.34. The van der Waals surface area contributed by atoms with Crippen molar-refractivity contribution < 1.29 is 4.79 Å². The maximum atomic E-state index is 11.7. The van der Waals surface area contributed by atoms with Gasteiger partial charge in [0, 0.05) is 12.5 Å². The maximum absolute atomic E-state index is 11.7. The van der Waals surface area contributed by atoms with E-state index in [4.69, 9.17) is 0 Å². The van der Waals surface area contributed by atoms with Crippen LogP contribution < -0.4 is 10.6 Å². The second kappa shape index (κ2) is 4.97. The summed E-state index contributed by atoms with van der Waals surface area (Å²) in [5, 5.41) is 6.48. The minimum absolute atomic E-state index is 0.264. The van der Waals surface area contributed by atoms with E-state index >= 15 is 0 Å². The van der Waals surface area contributed by atoms with Crippen molar-refractivity contribution in [3.05, 3.63) is 0 Å². The van der Waals surface area contributed by atoms with Gasteiger partial charge in [0.2, 0.25) is 5.91 Å². The van der Waals surface area contributed by atoms with E-state index in [-0.39, 0.29) is 5.91 Å². The van der Waals surface area contributed by atoms with Crippen LogP contribution in [0.3, 0.4) is 0 Å². The molecule has 0 radical (unpaired) electrons. The van der Waals surface area contributed by atoms with Crippen LogP contribution in [0.1, 0.15) is 39.0 Å². The normalized spacial score (nSPS) is 35.7. The Labute approximate surface area is 92.0 Å². The number of carbonyl (C=O) groups excluding carboxylic acids is 1. The van der Waals surface area contributed by atoms with Gasteiger partial charge in [-0.05, 0) is 50.6 Å². The van der Waals surface area contributed by atoms with Crippen LogP contribution in [0.15, 0.2) is 0 Å². The Kier molecular flexibility index (Phi) is 3.62. The summed E-state index contributed by atoms with van der Waals surface area (Å²) in [6, 6.07) is 0.476.